The molecule has 0 atom stereocenters. The molecular formula is C20H20N6O5. The number of furan rings is 1. The van der Waals surface area contributed by atoms with Crippen molar-refractivity contribution in [2.45, 2.75) is 0 Å². The fourth-order valence-corrected chi connectivity index (χ4v) is 2.93. The van der Waals surface area contributed by atoms with Gasteiger partial charge in [0.2, 0.25) is 5.95 Å². The van der Waals surface area contributed by atoms with E-state index in [2.05, 4.69) is 25.5 Å². The molecule has 2 aromatic heterocycles. The summed E-state index contributed by atoms with van der Waals surface area (Å²) in [7, 11) is 1.48. The molecule has 160 valence electrons. The van der Waals surface area contributed by atoms with Gasteiger partial charge in [-0.2, -0.15) is 20.1 Å². The van der Waals surface area contributed by atoms with Crippen molar-refractivity contribution in [3.05, 3.63) is 47.7 Å². The van der Waals surface area contributed by atoms with E-state index < -0.39 is 5.97 Å². The van der Waals surface area contributed by atoms with Gasteiger partial charge in [-0.25, -0.2) is 10.2 Å². The number of carboxylic acid groups (broad SMARTS) is 1. The van der Waals surface area contributed by atoms with Gasteiger partial charge >= 0.3 is 12.0 Å². The maximum absolute atomic E-state index is 11.1. The molecule has 0 aliphatic carbocycles. The zero-order valence-corrected chi connectivity index (χ0v) is 16.7. The number of aromatic carboxylic acids is 1. The lowest BCUT2D eigenvalue weighted by Crippen LogP contribution is -2.37. The predicted octanol–water partition coefficient (Wildman–Crippen LogP) is 2.12. The van der Waals surface area contributed by atoms with Gasteiger partial charge in [-0.3, -0.25) is 0 Å². The lowest BCUT2D eigenvalue weighted by Gasteiger charge is -2.26. The maximum Gasteiger partial charge on any atom is 0.335 e. The van der Waals surface area contributed by atoms with Crippen LogP contribution in [-0.2, 0) is 4.74 Å². The van der Waals surface area contributed by atoms with Crippen molar-refractivity contribution in [2.24, 2.45) is 5.10 Å². The summed E-state index contributed by atoms with van der Waals surface area (Å²) in [5.41, 5.74) is 3.60. The Morgan fingerprint density at radius 1 is 1.23 bits per heavy atom. The fourth-order valence-electron chi connectivity index (χ4n) is 2.93. The molecular weight excluding hydrogens is 404 g/mol. The number of hydrazone groups is 1. The van der Waals surface area contributed by atoms with Crippen LogP contribution < -0.4 is 15.1 Å². The first-order valence-corrected chi connectivity index (χ1v) is 9.48. The summed E-state index contributed by atoms with van der Waals surface area (Å²) < 4.78 is 16.2. The SMILES string of the molecule is COc1nc(NN=Cc2ccc(-c3cccc(C(=O)O)c3)o2)nc(N2CCOCC2)n1. The summed E-state index contributed by atoms with van der Waals surface area (Å²) in [5, 5.41) is 13.2. The molecule has 3 heterocycles. The minimum Gasteiger partial charge on any atom is -0.478 e. The number of morpholine rings is 1. The van der Waals surface area contributed by atoms with Crippen molar-refractivity contribution in [1.82, 2.24) is 15.0 Å². The van der Waals surface area contributed by atoms with Crippen LogP contribution in [0.5, 0.6) is 6.01 Å². The van der Waals surface area contributed by atoms with Crippen molar-refractivity contribution in [3.8, 4) is 17.3 Å². The van der Waals surface area contributed by atoms with E-state index in [1.54, 1.807) is 30.3 Å². The maximum atomic E-state index is 11.1. The largest absolute Gasteiger partial charge is 0.478 e. The molecule has 11 heteroatoms. The van der Waals surface area contributed by atoms with Gasteiger partial charge in [0.1, 0.15) is 11.5 Å². The van der Waals surface area contributed by atoms with Crippen LogP contribution in [0.25, 0.3) is 11.3 Å². The number of hydrogen-bond donors (Lipinski definition) is 2. The first-order chi connectivity index (χ1) is 15.1. The highest BCUT2D eigenvalue weighted by atomic mass is 16.5. The Bertz CT molecular complexity index is 1090. The van der Waals surface area contributed by atoms with E-state index in [4.69, 9.17) is 19.0 Å². The molecule has 0 spiro atoms. The van der Waals surface area contributed by atoms with Crippen molar-refractivity contribution >= 4 is 24.1 Å². The number of methoxy groups -OCH3 is 1. The monoisotopic (exact) mass is 424 g/mol. The van der Waals surface area contributed by atoms with Gasteiger partial charge < -0.3 is 23.9 Å². The number of anilines is 2. The Kier molecular flexibility index (Phi) is 6.03. The van der Waals surface area contributed by atoms with Gasteiger partial charge in [0.15, 0.2) is 0 Å². The Balaban J connectivity index is 1.46. The topological polar surface area (TPSA) is 135 Å². The zero-order valence-electron chi connectivity index (χ0n) is 16.7. The number of benzene rings is 1. The predicted molar refractivity (Wildman–Crippen MR) is 112 cm³/mol. The smallest absolute Gasteiger partial charge is 0.335 e. The Labute approximate surface area is 177 Å². The third-order valence-corrected chi connectivity index (χ3v) is 4.46. The molecule has 1 aromatic carbocycles. The molecule has 1 aliphatic heterocycles. The van der Waals surface area contributed by atoms with Gasteiger partial charge in [0.25, 0.3) is 5.95 Å². The van der Waals surface area contributed by atoms with Gasteiger partial charge in [0, 0.05) is 18.7 Å². The number of aromatic nitrogens is 3. The molecule has 1 fully saturated rings. The van der Waals surface area contributed by atoms with E-state index in [1.807, 2.05) is 4.90 Å². The quantitative estimate of drug-likeness (QED) is 0.429. The highest BCUT2D eigenvalue weighted by Gasteiger charge is 2.16. The zero-order chi connectivity index (χ0) is 21.6. The second kappa shape index (κ2) is 9.22. The average molecular weight is 424 g/mol. The molecule has 3 aromatic rings. The van der Waals surface area contributed by atoms with Gasteiger partial charge in [-0.15, -0.1) is 0 Å². The van der Waals surface area contributed by atoms with E-state index in [-0.39, 0.29) is 17.5 Å². The molecule has 0 radical (unpaired) electrons. The first-order valence-electron chi connectivity index (χ1n) is 9.48. The van der Waals surface area contributed by atoms with Crippen molar-refractivity contribution in [1.29, 1.82) is 0 Å². The van der Waals surface area contributed by atoms with Crippen LogP contribution in [0, 0.1) is 0 Å². The van der Waals surface area contributed by atoms with E-state index in [0.29, 0.717) is 49.3 Å². The summed E-state index contributed by atoms with van der Waals surface area (Å²) in [5.74, 6) is 0.708. The van der Waals surface area contributed by atoms with Crippen LogP contribution in [0.15, 0.2) is 45.9 Å². The molecule has 0 saturated carbocycles. The number of ether oxygens (including phenoxy) is 2. The van der Waals surface area contributed by atoms with Gasteiger partial charge in [-0.05, 0) is 24.3 Å². The Morgan fingerprint density at radius 2 is 2.06 bits per heavy atom. The molecule has 11 nitrogen and oxygen atoms in total. The standard InChI is InChI=1S/C20H20N6O5/c1-29-20-23-18(22-19(24-20)26-7-9-30-10-8-26)25-21-12-15-5-6-16(31-15)13-3-2-4-14(11-13)17(27)28/h2-6,11-12H,7-10H2,1H3,(H,27,28)(H,22,23,24,25). The second-order valence-corrected chi connectivity index (χ2v) is 6.50. The fraction of sp³-hybridized carbons (Fsp3) is 0.250. The number of hydrogen-bond acceptors (Lipinski definition) is 10. The minimum absolute atomic E-state index is 0.174. The van der Waals surface area contributed by atoms with Crippen LogP contribution >= 0.6 is 0 Å². The molecule has 1 saturated heterocycles. The lowest BCUT2D eigenvalue weighted by molar-refractivity contribution is 0.0697. The van der Waals surface area contributed by atoms with Crippen LogP contribution in [0.3, 0.4) is 0 Å². The number of carbonyl (C=O) groups is 1. The van der Waals surface area contributed by atoms with Gasteiger partial charge in [0.05, 0.1) is 32.1 Å². The Morgan fingerprint density at radius 3 is 2.84 bits per heavy atom. The lowest BCUT2D eigenvalue weighted by atomic mass is 10.1. The highest BCUT2D eigenvalue weighted by molar-refractivity contribution is 5.89. The van der Waals surface area contributed by atoms with Gasteiger partial charge in [-0.1, -0.05) is 12.1 Å². The third kappa shape index (κ3) is 4.95. The number of nitrogens with zero attached hydrogens (tertiary/aromatic N) is 5. The van der Waals surface area contributed by atoms with Crippen LogP contribution in [0.1, 0.15) is 16.1 Å². The third-order valence-electron chi connectivity index (χ3n) is 4.46. The summed E-state index contributed by atoms with van der Waals surface area (Å²) in [6.45, 7) is 2.55. The average Bonchev–Trinajstić information content (AvgIpc) is 3.28. The number of rotatable bonds is 7. The number of carboxylic acids is 1. The van der Waals surface area contributed by atoms with E-state index >= 15 is 0 Å². The normalized spacial score (nSPS) is 14.0. The number of nitrogens with one attached hydrogen (secondary N) is 1. The van der Waals surface area contributed by atoms with Crippen LogP contribution in [-0.4, -0.2) is 65.7 Å². The second-order valence-electron chi connectivity index (χ2n) is 6.50. The summed E-state index contributed by atoms with van der Waals surface area (Å²) in [6, 6.07) is 10.1. The molecule has 4 rings (SSSR count). The van der Waals surface area contributed by atoms with E-state index in [9.17, 15) is 4.79 Å². The molecule has 2 N–H and O–H groups in total. The van der Waals surface area contributed by atoms with Crippen LogP contribution in [0.2, 0.25) is 0 Å². The summed E-state index contributed by atoms with van der Waals surface area (Å²) >= 11 is 0. The van der Waals surface area contributed by atoms with E-state index in [0.717, 1.165) is 0 Å². The summed E-state index contributed by atoms with van der Waals surface area (Å²) in [6.07, 6.45) is 1.47. The van der Waals surface area contributed by atoms with Crippen molar-refractivity contribution in [2.75, 3.05) is 43.7 Å². The van der Waals surface area contributed by atoms with E-state index in [1.165, 1.54) is 19.4 Å². The van der Waals surface area contributed by atoms with Crippen LogP contribution in [0.4, 0.5) is 11.9 Å². The molecule has 1 aliphatic rings. The molecule has 0 bridgehead atoms. The minimum atomic E-state index is -0.997. The Hall–Kier alpha value is -3.99. The first kappa shape index (κ1) is 20.3. The molecule has 0 amide bonds. The molecule has 31 heavy (non-hydrogen) atoms. The van der Waals surface area contributed by atoms with Crippen molar-refractivity contribution < 1.29 is 23.8 Å². The highest BCUT2D eigenvalue weighted by Crippen LogP contribution is 2.23. The summed E-state index contributed by atoms with van der Waals surface area (Å²) in [4.78, 5) is 25.9. The molecule has 0 unspecified atom stereocenters. The van der Waals surface area contributed by atoms with Crippen molar-refractivity contribution in [3.63, 3.8) is 0 Å².